The van der Waals surface area contributed by atoms with E-state index in [2.05, 4.69) is 26.5 Å². The lowest BCUT2D eigenvalue weighted by atomic mass is 9.96. The van der Waals surface area contributed by atoms with Gasteiger partial charge >= 0.3 is 0 Å². The molecule has 0 aliphatic rings. The Morgan fingerprint density at radius 3 is 2.05 bits per heavy atom. The van der Waals surface area contributed by atoms with Crippen LogP contribution in [-0.2, 0) is 12.8 Å². The van der Waals surface area contributed by atoms with Crippen LogP contribution in [0.15, 0.2) is 17.0 Å². The lowest BCUT2D eigenvalue weighted by molar-refractivity contribution is 0.463. The van der Waals surface area contributed by atoms with E-state index in [0.29, 0.717) is 5.75 Å². The van der Waals surface area contributed by atoms with E-state index in [-0.39, 0.29) is 0 Å². The minimum Gasteiger partial charge on any atom is -0.508 e. The zero-order valence-corrected chi connectivity index (χ0v) is 14.0. The van der Waals surface area contributed by atoms with Crippen LogP contribution in [0.2, 0.25) is 0 Å². The topological polar surface area (TPSA) is 20.2 Å². The number of thiol groups is 1. The summed E-state index contributed by atoms with van der Waals surface area (Å²) in [6.45, 7) is 4.46. The number of rotatable bonds is 10. The van der Waals surface area contributed by atoms with Crippen molar-refractivity contribution in [3.05, 3.63) is 23.3 Å². The van der Waals surface area contributed by atoms with Gasteiger partial charge in [-0.05, 0) is 48.9 Å². The molecule has 0 spiro atoms. The fourth-order valence-corrected chi connectivity index (χ4v) is 3.00. The molecule has 0 saturated heterocycles. The van der Waals surface area contributed by atoms with E-state index in [4.69, 9.17) is 0 Å². The Hall–Kier alpha value is -0.630. The van der Waals surface area contributed by atoms with E-state index < -0.39 is 0 Å². The maximum absolute atomic E-state index is 10.1. The Kier molecular flexibility index (Phi) is 8.84. The van der Waals surface area contributed by atoms with Gasteiger partial charge in [0.2, 0.25) is 0 Å². The summed E-state index contributed by atoms with van der Waals surface area (Å²) in [5.74, 6) is 0.463. The molecule has 0 atom stereocenters. The molecule has 1 aromatic rings. The summed E-state index contributed by atoms with van der Waals surface area (Å²) in [5, 5.41) is 10.1. The molecule has 0 saturated carbocycles. The minimum atomic E-state index is 0.463. The van der Waals surface area contributed by atoms with E-state index in [9.17, 15) is 5.11 Å². The molecule has 0 aliphatic carbocycles. The van der Waals surface area contributed by atoms with Crippen molar-refractivity contribution in [3.63, 3.8) is 0 Å². The molecule has 0 amide bonds. The number of hydrogen-bond acceptors (Lipinski definition) is 2. The first-order chi connectivity index (χ1) is 9.70. The fraction of sp³-hybridized carbons (Fsp3) is 0.667. The van der Waals surface area contributed by atoms with Gasteiger partial charge in [0.25, 0.3) is 0 Å². The van der Waals surface area contributed by atoms with Gasteiger partial charge in [-0.25, -0.2) is 0 Å². The SMILES string of the molecule is CCCCCCCc1c(O)ccc(S)c1CCCCC. The fourth-order valence-electron chi connectivity index (χ4n) is 2.68. The Morgan fingerprint density at radius 1 is 0.800 bits per heavy atom. The van der Waals surface area contributed by atoms with Crippen molar-refractivity contribution in [3.8, 4) is 5.75 Å². The van der Waals surface area contributed by atoms with E-state index in [1.807, 2.05) is 6.07 Å². The highest BCUT2D eigenvalue weighted by Gasteiger charge is 2.11. The molecule has 1 nitrogen and oxygen atoms in total. The summed E-state index contributed by atoms with van der Waals surface area (Å²) >= 11 is 4.58. The predicted octanol–water partition coefficient (Wildman–Crippen LogP) is 5.93. The zero-order chi connectivity index (χ0) is 14.8. The largest absolute Gasteiger partial charge is 0.508 e. The van der Waals surface area contributed by atoms with Gasteiger partial charge < -0.3 is 5.11 Å². The molecule has 1 N–H and O–H groups in total. The highest BCUT2D eigenvalue weighted by molar-refractivity contribution is 7.80. The van der Waals surface area contributed by atoms with Crippen molar-refractivity contribution in [2.75, 3.05) is 0 Å². The van der Waals surface area contributed by atoms with Gasteiger partial charge in [0.15, 0.2) is 0 Å². The van der Waals surface area contributed by atoms with Crippen molar-refractivity contribution in [1.82, 2.24) is 0 Å². The summed E-state index contributed by atoms with van der Waals surface area (Å²) < 4.78 is 0. The van der Waals surface area contributed by atoms with Gasteiger partial charge in [-0.1, -0.05) is 52.4 Å². The minimum absolute atomic E-state index is 0.463. The number of benzene rings is 1. The lowest BCUT2D eigenvalue weighted by Crippen LogP contribution is -1.98. The average Bonchev–Trinajstić information content (AvgIpc) is 2.44. The Labute approximate surface area is 130 Å². The van der Waals surface area contributed by atoms with E-state index in [1.54, 1.807) is 6.07 Å². The van der Waals surface area contributed by atoms with Gasteiger partial charge in [0.05, 0.1) is 0 Å². The summed E-state index contributed by atoms with van der Waals surface area (Å²) in [6, 6.07) is 3.73. The molecule has 0 radical (unpaired) electrons. The second kappa shape index (κ2) is 10.1. The van der Waals surface area contributed by atoms with Crippen molar-refractivity contribution in [1.29, 1.82) is 0 Å². The monoisotopic (exact) mass is 294 g/mol. The third-order valence-corrected chi connectivity index (χ3v) is 4.36. The predicted molar refractivity (Wildman–Crippen MR) is 91.1 cm³/mol. The van der Waals surface area contributed by atoms with Crippen molar-refractivity contribution in [2.45, 2.75) is 83.0 Å². The molecule has 0 heterocycles. The second-order valence-corrected chi connectivity index (χ2v) is 6.16. The van der Waals surface area contributed by atoms with Crippen LogP contribution in [0.5, 0.6) is 5.75 Å². The Morgan fingerprint density at radius 2 is 1.35 bits per heavy atom. The summed E-state index contributed by atoms with van der Waals surface area (Å²) in [4.78, 5) is 1.04. The first-order valence-electron chi connectivity index (χ1n) is 8.23. The molecule has 1 rings (SSSR count). The van der Waals surface area contributed by atoms with Crippen LogP contribution in [0.1, 0.15) is 76.3 Å². The van der Waals surface area contributed by atoms with E-state index in [1.165, 1.54) is 56.9 Å². The Bertz CT molecular complexity index is 387. The van der Waals surface area contributed by atoms with Crippen LogP contribution >= 0.6 is 12.6 Å². The number of phenols is 1. The number of unbranched alkanes of at least 4 members (excludes halogenated alkanes) is 6. The highest BCUT2D eigenvalue weighted by Crippen LogP contribution is 2.30. The van der Waals surface area contributed by atoms with Crippen molar-refractivity contribution >= 4 is 12.6 Å². The molecule has 20 heavy (non-hydrogen) atoms. The standard InChI is InChI=1S/C18H30OS/c1-3-5-7-8-10-11-15-16(12-9-6-4-2)18(20)14-13-17(15)19/h13-14,19-20H,3-12H2,1-2H3. The molecule has 114 valence electrons. The van der Waals surface area contributed by atoms with Crippen LogP contribution in [0.25, 0.3) is 0 Å². The Balaban J connectivity index is 2.63. The average molecular weight is 295 g/mol. The summed E-state index contributed by atoms with van der Waals surface area (Å²) in [5.41, 5.74) is 2.42. The van der Waals surface area contributed by atoms with Crippen molar-refractivity contribution < 1.29 is 5.11 Å². The molecular weight excluding hydrogens is 264 g/mol. The highest BCUT2D eigenvalue weighted by atomic mass is 32.1. The molecule has 0 aliphatic heterocycles. The van der Waals surface area contributed by atoms with Gasteiger partial charge in [-0.2, -0.15) is 0 Å². The molecule has 0 aromatic heterocycles. The van der Waals surface area contributed by atoms with Crippen LogP contribution in [0.4, 0.5) is 0 Å². The summed E-state index contributed by atoms with van der Waals surface area (Å²) in [7, 11) is 0. The molecule has 1 aromatic carbocycles. The van der Waals surface area contributed by atoms with E-state index in [0.717, 1.165) is 23.3 Å². The maximum Gasteiger partial charge on any atom is 0.119 e. The molecule has 2 heteroatoms. The number of hydrogen-bond donors (Lipinski definition) is 2. The normalized spacial score (nSPS) is 10.9. The van der Waals surface area contributed by atoms with Gasteiger partial charge in [-0.15, -0.1) is 12.6 Å². The lowest BCUT2D eigenvalue weighted by Gasteiger charge is -2.14. The molecule has 0 unspecified atom stereocenters. The van der Waals surface area contributed by atoms with Crippen LogP contribution in [-0.4, -0.2) is 5.11 Å². The van der Waals surface area contributed by atoms with Crippen LogP contribution in [0, 0.1) is 0 Å². The van der Waals surface area contributed by atoms with Gasteiger partial charge in [-0.3, -0.25) is 0 Å². The smallest absolute Gasteiger partial charge is 0.119 e. The third kappa shape index (κ3) is 5.78. The first-order valence-corrected chi connectivity index (χ1v) is 8.68. The van der Waals surface area contributed by atoms with Gasteiger partial charge in [0.1, 0.15) is 5.75 Å². The quantitative estimate of drug-likeness (QED) is 0.405. The van der Waals surface area contributed by atoms with Crippen LogP contribution < -0.4 is 0 Å². The maximum atomic E-state index is 10.1. The van der Waals surface area contributed by atoms with Crippen molar-refractivity contribution in [2.24, 2.45) is 0 Å². The zero-order valence-electron chi connectivity index (χ0n) is 13.1. The second-order valence-electron chi connectivity index (χ2n) is 5.68. The van der Waals surface area contributed by atoms with Gasteiger partial charge in [0, 0.05) is 4.90 Å². The number of aromatic hydroxyl groups is 1. The third-order valence-electron chi connectivity index (χ3n) is 3.94. The van der Waals surface area contributed by atoms with Crippen LogP contribution in [0.3, 0.4) is 0 Å². The molecular formula is C18H30OS. The molecule has 0 bridgehead atoms. The molecule has 0 fully saturated rings. The summed E-state index contributed by atoms with van der Waals surface area (Å²) in [6.07, 6.45) is 12.0. The number of phenolic OH excluding ortho intramolecular Hbond substituents is 1. The van der Waals surface area contributed by atoms with E-state index >= 15 is 0 Å². The first kappa shape index (κ1) is 17.4.